The van der Waals surface area contributed by atoms with Crippen LogP contribution in [0, 0.1) is 17.8 Å². The molecule has 0 saturated heterocycles. The molecule has 0 unspecified atom stereocenters. The van der Waals surface area contributed by atoms with Gasteiger partial charge in [-0.2, -0.15) is 0 Å². The van der Waals surface area contributed by atoms with Crippen LogP contribution in [0.15, 0.2) is 42.5 Å². The fourth-order valence-corrected chi connectivity index (χ4v) is 6.49. The minimum atomic E-state index is -1.43. The fourth-order valence-electron chi connectivity index (χ4n) is 6.49. The first-order valence-corrected chi connectivity index (χ1v) is 20.3. The van der Waals surface area contributed by atoms with Crippen LogP contribution in [0.5, 0.6) is 0 Å². The van der Waals surface area contributed by atoms with E-state index in [0.29, 0.717) is 18.4 Å². The van der Waals surface area contributed by atoms with Gasteiger partial charge in [0.15, 0.2) is 0 Å². The molecule has 0 heterocycles. The molecule has 9 amide bonds. The molecule has 336 valence electrons. The van der Waals surface area contributed by atoms with Gasteiger partial charge in [-0.3, -0.25) is 43.2 Å². The summed E-state index contributed by atoms with van der Waals surface area (Å²) in [6.07, 6.45) is 5.46. The van der Waals surface area contributed by atoms with Crippen LogP contribution in [0.3, 0.4) is 0 Å². The quantitative estimate of drug-likeness (QED) is 0.0530. The van der Waals surface area contributed by atoms with Crippen LogP contribution in [-0.4, -0.2) is 114 Å². The third-order valence-corrected chi connectivity index (χ3v) is 9.67. The smallest absolute Gasteiger partial charge is 0.326 e. The van der Waals surface area contributed by atoms with Crippen molar-refractivity contribution in [2.45, 2.75) is 110 Å². The second-order valence-corrected chi connectivity index (χ2v) is 15.7. The average Bonchev–Trinajstić information content (AvgIpc) is 3.20. The van der Waals surface area contributed by atoms with E-state index >= 15 is 0 Å². The number of hydrogen-bond acceptors (Lipinski definition) is 10. The summed E-state index contributed by atoms with van der Waals surface area (Å²) < 4.78 is 0. The van der Waals surface area contributed by atoms with Crippen LogP contribution in [0.25, 0.3) is 0 Å². The molecule has 1 aliphatic carbocycles. The van der Waals surface area contributed by atoms with Gasteiger partial charge in [0.1, 0.15) is 30.2 Å². The molecule has 61 heavy (non-hydrogen) atoms. The van der Waals surface area contributed by atoms with Crippen molar-refractivity contribution in [3.8, 4) is 0 Å². The summed E-state index contributed by atoms with van der Waals surface area (Å²) in [5.41, 5.74) is 6.18. The van der Waals surface area contributed by atoms with Crippen LogP contribution < -0.4 is 48.3 Å². The van der Waals surface area contributed by atoms with Crippen molar-refractivity contribution in [2.24, 2.45) is 23.5 Å². The molecule has 1 aliphatic rings. The number of rotatable bonds is 24. The Hall–Kier alpha value is -6.34. The van der Waals surface area contributed by atoms with Gasteiger partial charge in [-0.25, -0.2) is 4.79 Å². The SMILES string of the molecule is CC(=O)NC[C@H](NC(=O)/C=C/C(=O)NCC(=O)NCC(=O)N[C@@H](Cc1ccccc1)C(=O)O)C(=O)N[C@H](C(=O)N[C@@H](CC(C)C)C(=O)N[C@H](C(N)=O)C(C)C)C1CCCCC1. The van der Waals surface area contributed by atoms with Crippen LogP contribution in [-0.2, 0) is 54.4 Å². The summed E-state index contributed by atoms with van der Waals surface area (Å²) in [5.74, 6) is -8.73. The van der Waals surface area contributed by atoms with Gasteiger partial charge in [0.25, 0.3) is 0 Å². The number of carbonyl (C=O) groups excluding carboxylic acids is 9. The van der Waals surface area contributed by atoms with E-state index in [0.717, 1.165) is 31.4 Å². The number of nitrogens with two attached hydrogens (primary N) is 1. The van der Waals surface area contributed by atoms with E-state index in [4.69, 9.17) is 5.73 Å². The Morgan fingerprint density at radius 3 is 1.87 bits per heavy atom. The molecule has 0 radical (unpaired) electrons. The van der Waals surface area contributed by atoms with Crippen molar-refractivity contribution in [1.82, 2.24) is 42.5 Å². The molecule has 1 aromatic carbocycles. The van der Waals surface area contributed by atoms with E-state index in [1.54, 1.807) is 44.2 Å². The number of carboxylic acids is 1. The lowest BCUT2D eigenvalue weighted by Gasteiger charge is -2.33. The Labute approximate surface area is 355 Å². The summed E-state index contributed by atoms with van der Waals surface area (Å²) in [5, 5.41) is 29.2. The van der Waals surface area contributed by atoms with Gasteiger partial charge >= 0.3 is 5.97 Å². The van der Waals surface area contributed by atoms with Gasteiger partial charge in [-0.05, 0) is 42.6 Å². The topological polar surface area (TPSA) is 313 Å². The Balaban J connectivity index is 2.06. The molecule has 0 spiro atoms. The number of benzene rings is 1. The maximum absolute atomic E-state index is 13.9. The minimum absolute atomic E-state index is 0.0176. The molecule has 0 bridgehead atoms. The molecular formula is C41H61N9O11. The van der Waals surface area contributed by atoms with Crippen LogP contribution in [0.1, 0.15) is 78.7 Å². The lowest BCUT2D eigenvalue weighted by Crippen LogP contribution is -2.61. The van der Waals surface area contributed by atoms with Crippen LogP contribution in [0.2, 0.25) is 0 Å². The summed E-state index contributed by atoms with van der Waals surface area (Å²) in [6, 6.07) is 2.75. The molecule has 1 fully saturated rings. The molecule has 5 atom stereocenters. The van der Waals surface area contributed by atoms with Crippen molar-refractivity contribution >= 4 is 59.1 Å². The lowest BCUT2D eigenvalue weighted by molar-refractivity contribution is -0.141. The maximum atomic E-state index is 13.9. The number of amides is 9. The molecule has 1 saturated carbocycles. The lowest BCUT2D eigenvalue weighted by atomic mass is 9.83. The van der Waals surface area contributed by atoms with Crippen molar-refractivity contribution in [3.63, 3.8) is 0 Å². The summed E-state index contributed by atoms with van der Waals surface area (Å²) in [7, 11) is 0. The minimum Gasteiger partial charge on any atom is -0.480 e. The van der Waals surface area contributed by atoms with Crippen molar-refractivity contribution in [3.05, 3.63) is 48.0 Å². The number of aliphatic carboxylic acids is 1. The molecular weight excluding hydrogens is 795 g/mol. The second kappa shape index (κ2) is 26.0. The zero-order valence-corrected chi connectivity index (χ0v) is 35.3. The molecule has 0 aliphatic heterocycles. The number of hydrogen-bond donors (Lipinski definition) is 10. The zero-order valence-electron chi connectivity index (χ0n) is 35.3. The first-order chi connectivity index (χ1) is 28.8. The highest BCUT2D eigenvalue weighted by molar-refractivity contribution is 6.00. The van der Waals surface area contributed by atoms with Gasteiger partial charge < -0.3 is 53.4 Å². The van der Waals surface area contributed by atoms with E-state index in [9.17, 15) is 53.1 Å². The highest BCUT2D eigenvalue weighted by Crippen LogP contribution is 2.27. The largest absolute Gasteiger partial charge is 0.480 e. The molecule has 0 aromatic heterocycles. The predicted octanol–water partition coefficient (Wildman–Crippen LogP) is -1.57. The van der Waals surface area contributed by atoms with Gasteiger partial charge in [-0.15, -0.1) is 0 Å². The Bertz CT molecular complexity index is 1750. The monoisotopic (exact) mass is 855 g/mol. The number of nitrogens with one attached hydrogen (secondary N) is 8. The van der Waals surface area contributed by atoms with Crippen LogP contribution >= 0.6 is 0 Å². The standard InChI is InChI=1S/C41H61N9O11/c1-23(2)18-28(38(57)49-35(24(3)4)37(42)56)48-40(59)36(27-14-10-7-11-15-27)50-39(58)30(20-43-25(5)51)47-32(53)17-16-31(52)44-21-33(54)45-22-34(55)46-29(41(60)61)19-26-12-8-6-9-13-26/h6,8-9,12-13,16-17,23-24,27-30,35-36H,7,10-11,14-15,18-22H2,1-5H3,(H2,42,56)(H,43,51)(H,44,52)(H,45,54)(H,46,55)(H,47,53)(H,48,59)(H,49,57)(H,50,58)(H,60,61)/b17-16+/t28-,29-,30-,35-,36-/m0/s1. The first kappa shape index (κ1) is 50.8. The van der Waals surface area contributed by atoms with E-state index in [1.807, 2.05) is 13.8 Å². The van der Waals surface area contributed by atoms with E-state index in [2.05, 4.69) is 42.5 Å². The van der Waals surface area contributed by atoms with Crippen molar-refractivity contribution in [2.75, 3.05) is 19.6 Å². The molecule has 20 heteroatoms. The summed E-state index contributed by atoms with van der Waals surface area (Å²) in [6.45, 7) is 6.76. The number of primary amides is 1. The number of carbonyl (C=O) groups is 10. The predicted molar refractivity (Wildman–Crippen MR) is 221 cm³/mol. The van der Waals surface area contributed by atoms with E-state index in [1.165, 1.54) is 6.92 Å². The average molecular weight is 856 g/mol. The van der Waals surface area contributed by atoms with Gasteiger partial charge in [0.05, 0.1) is 13.1 Å². The summed E-state index contributed by atoms with van der Waals surface area (Å²) >= 11 is 0. The van der Waals surface area contributed by atoms with Gasteiger partial charge in [0.2, 0.25) is 53.2 Å². The maximum Gasteiger partial charge on any atom is 0.326 e. The summed E-state index contributed by atoms with van der Waals surface area (Å²) in [4.78, 5) is 126. The molecule has 11 N–H and O–H groups in total. The Morgan fingerprint density at radius 2 is 1.30 bits per heavy atom. The second-order valence-electron chi connectivity index (χ2n) is 15.7. The Morgan fingerprint density at radius 1 is 0.689 bits per heavy atom. The van der Waals surface area contributed by atoms with Gasteiger partial charge in [0, 0.05) is 32.0 Å². The fraction of sp³-hybridized carbons (Fsp3) is 0.561. The highest BCUT2D eigenvalue weighted by atomic mass is 16.4. The van der Waals surface area contributed by atoms with Crippen molar-refractivity contribution in [1.29, 1.82) is 0 Å². The molecule has 2 rings (SSSR count). The molecule has 20 nitrogen and oxygen atoms in total. The highest BCUT2D eigenvalue weighted by Gasteiger charge is 2.36. The molecule has 1 aromatic rings. The van der Waals surface area contributed by atoms with Crippen molar-refractivity contribution < 1.29 is 53.1 Å². The first-order valence-electron chi connectivity index (χ1n) is 20.3. The van der Waals surface area contributed by atoms with Crippen LogP contribution in [0.4, 0.5) is 0 Å². The third kappa shape index (κ3) is 19.5. The zero-order chi connectivity index (χ0) is 45.6. The van der Waals surface area contributed by atoms with E-state index in [-0.39, 0.29) is 37.1 Å². The van der Waals surface area contributed by atoms with Gasteiger partial charge in [-0.1, -0.05) is 77.3 Å². The normalized spacial score (nSPS) is 15.3. The number of carboxylic acid groups (broad SMARTS) is 1. The van der Waals surface area contributed by atoms with E-state index < -0.39 is 102 Å². The Kier molecular flexibility index (Phi) is 21.6. The third-order valence-electron chi connectivity index (χ3n) is 9.67.